The van der Waals surface area contributed by atoms with Gasteiger partial charge in [0.1, 0.15) is 11.6 Å². The van der Waals surface area contributed by atoms with Crippen molar-refractivity contribution in [3.8, 4) is 0 Å². The van der Waals surface area contributed by atoms with Crippen molar-refractivity contribution in [2.45, 2.75) is 51.5 Å². The topological polar surface area (TPSA) is 80.9 Å². The van der Waals surface area contributed by atoms with Crippen LogP contribution in [-0.2, 0) is 19.3 Å². The summed E-state index contributed by atoms with van der Waals surface area (Å²) >= 11 is 0. The second-order valence-electron chi connectivity index (χ2n) is 7.37. The lowest BCUT2D eigenvalue weighted by atomic mass is 9.96. The number of pyridine rings is 1. The maximum atomic E-state index is 11.2. The van der Waals surface area contributed by atoms with Crippen molar-refractivity contribution in [2.75, 3.05) is 0 Å². The maximum Gasteiger partial charge on any atom is 0.335 e. The summed E-state index contributed by atoms with van der Waals surface area (Å²) in [7, 11) is 0. The zero-order chi connectivity index (χ0) is 19.5. The van der Waals surface area contributed by atoms with E-state index in [0.717, 1.165) is 61.6 Å². The number of rotatable bonds is 6. The molecule has 1 unspecified atom stereocenters. The molecule has 0 bridgehead atoms. The van der Waals surface area contributed by atoms with E-state index < -0.39 is 5.97 Å². The fourth-order valence-corrected chi connectivity index (χ4v) is 4.05. The molecular weight excluding hydrogens is 352 g/mol. The third-order valence-electron chi connectivity index (χ3n) is 5.30. The van der Waals surface area contributed by atoms with Crippen LogP contribution in [0.3, 0.4) is 0 Å². The molecule has 1 N–H and O–H groups in total. The Labute approximate surface area is 164 Å². The highest BCUT2D eigenvalue weighted by molar-refractivity contribution is 5.87. The average Bonchev–Trinajstić information content (AvgIpc) is 3.11. The van der Waals surface area contributed by atoms with E-state index in [9.17, 15) is 9.90 Å². The molecule has 0 spiro atoms. The van der Waals surface area contributed by atoms with Crippen LogP contribution < -0.4 is 0 Å². The normalized spacial score (nSPS) is 16.0. The van der Waals surface area contributed by atoms with Crippen LogP contribution in [-0.4, -0.2) is 30.8 Å². The van der Waals surface area contributed by atoms with Gasteiger partial charge < -0.3 is 9.67 Å². The molecule has 1 aliphatic rings. The molecule has 1 aromatic carbocycles. The number of aryl methyl sites for hydroxylation is 4. The van der Waals surface area contributed by atoms with Gasteiger partial charge in [0.2, 0.25) is 0 Å². The van der Waals surface area contributed by atoms with E-state index in [-0.39, 0.29) is 0 Å². The van der Waals surface area contributed by atoms with Crippen LogP contribution in [0.4, 0.5) is 0 Å². The minimum Gasteiger partial charge on any atom is -0.478 e. The van der Waals surface area contributed by atoms with Gasteiger partial charge in [-0.2, -0.15) is 0 Å². The van der Waals surface area contributed by atoms with Crippen molar-refractivity contribution in [3.63, 3.8) is 0 Å². The highest BCUT2D eigenvalue weighted by atomic mass is 16.4. The Morgan fingerprint density at radius 2 is 2.00 bits per heavy atom. The Hall–Kier alpha value is -3.02. The second kappa shape index (κ2) is 7.92. The monoisotopic (exact) mass is 376 g/mol. The Balaban J connectivity index is 1.50. The molecule has 2 aromatic heterocycles. The number of carboxylic acid groups (broad SMARTS) is 1. The highest BCUT2D eigenvalue weighted by Gasteiger charge is 2.25. The molecule has 4 rings (SSSR count). The number of hydrogen-bond acceptors (Lipinski definition) is 4. The van der Waals surface area contributed by atoms with Gasteiger partial charge in [-0.1, -0.05) is 30.3 Å². The third kappa shape index (κ3) is 3.81. The number of benzene rings is 1. The molecule has 144 valence electrons. The average molecular weight is 376 g/mol. The Bertz CT molecular complexity index is 981. The molecule has 28 heavy (non-hydrogen) atoms. The van der Waals surface area contributed by atoms with Crippen LogP contribution in [0, 0.1) is 6.92 Å². The summed E-state index contributed by atoms with van der Waals surface area (Å²) in [6, 6.07) is 14.1. The number of carboxylic acids is 1. The third-order valence-corrected chi connectivity index (χ3v) is 5.30. The molecule has 0 fully saturated rings. The summed E-state index contributed by atoms with van der Waals surface area (Å²) in [6.45, 7) is 1.83. The second-order valence-corrected chi connectivity index (χ2v) is 7.37. The Kier molecular flexibility index (Phi) is 5.19. The lowest BCUT2D eigenvalue weighted by Gasteiger charge is -2.26. The van der Waals surface area contributed by atoms with E-state index in [1.54, 1.807) is 12.1 Å². The molecule has 0 aliphatic carbocycles. The molecule has 0 amide bonds. The van der Waals surface area contributed by atoms with Gasteiger partial charge in [-0.15, -0.1) is 10.2 Å². The van der Waals surface area contributed by atoms with E-state index in [0.29, 0.717) is 11.6 Å². The summed E-state index contributed by atoms with van der Waals surface area (Å²) in [4.78, 5) is 15.7. The van der Waals surface area contributed by atoms with Crippen molar-refractivity contribution in [1.82, 2.24) is 19.7 Å². The van der Waals surface area contributed by atoms with Crippen molar-refractivity contribution < 1.29 is 9.90 Å². The maximum absolute atomic E-state index is 11.2. The van der Waals surface area contributed by atoms with Gasteiger partial charge in [0.25, 0.3) is 0 Å². The minimum atomic E-state index is -0.913. The first-order valence-electron chi connectivity index (χ1n) is 9.80. The minimum absolute atomic E-state index is 0.297. The lowest BCUT2D eigenvalue weighted by Crippen LogP contribution is -2.21. The molecule has 0 radical (unpaired) electrons. The van der Waals surface area contributed by atoms with Crippen LogP contribution in [0.1, 0.15) is 64.3 Å². The van der Waals surface area contributed by atoms with Gasteiger partial charge in [0.05, 0.1) is 11.6 Å². The van der Waals surface area contributed by atoms with E-state index in [2.05, 4.69) is 44.0 Å². The van der Waals surface area contributed by atoms with Gasteiger partial charge in [0, 0.05) is 24.2 Å². The van der Waals surface area contributed by atoms with Crippen LogP contribution in [0.25, 0.3) is 0 Å². The van der Waals surface area contributed by atoms with E-state index in [4.69, 9.17) is 0 Å². The smallest absolute Gasteiger partial charge is 0.335 e. The van der Waals surface area contributed by atoms with Crippen molar-refractivity contribution in [3.05, 3.63) is 76.6 Å². The summed E-state index contributed by atoms with van der Waals surface area (Å²) in [5, 5.41) is 18.1. The number of carbonyl (C=O) groups is 1. The standard InChI is InChI=1S/C22H24N4O2/c1-15-13-17(22(27)28)14-18(23-15)9-5-11-20-24-25-21-12-6-10-19(26(20)21)16-7-3-2-4-8-16/h2-4,7-8,13-14,19H,5-6,9-12H2,1H3,(H,27,28). The van der Waals surface area contributed by atoms with Gasteiger partial charge >= 0.3 is 5.97 Å². The SMILES string of the molecule is Cc1cc(C(=O)O)cc(CCCc2nnc3n2C(c2ccccc2)CCC3)n1. The summed E-state index contributed by atoms with van der Waals surface area (Å²) in [5.74, 6) is 1.16. The van der Waals surface area contributed by atoms with Gasteiger partial charge in [0.15, 0.2) is 0 Å². The molecule has 6 nitrogen and oxygen atoms in total. The van der Waals surface area contributed by atoms with Gasteiger partial charge in [-0.25, -0.2) is 4.79 Å². The number of nitrogens with zero attached hydrogens (tertiary/aromatic N) is 4. The summed E-state index contributed by atoms with van der Waals surface area (Å²) < 4.78 is 2.31. The lowest BCUT2D eigenvalue weighted by molar-refractivity contribution is 0.0696. The van der Waals surface area contributed by atoms with Crippen LogP contribution in [0.2, 0.25) is 0 Å². The Morgan fingerprint density at radius 3 is 2.79 bits per heavy atom. The van der Waals surface area contributed by atoms with Crippen LogP contribution in [0.5, 0.6) is 0 Å². The predicted molar refractivity (Wildman–Crippen MR) is 105 cm³/mol. The number of aromatic nitrogens is 4. The van der Waals surface area contributed by atoms with Gasteiger partial charge in [-0.05, 0) is 50.3 Å². The predicted octanol–water partition coefficient (Wildman–Crippen LogP) is 3.78. The summed E-state index contributed by atoms with van der Waals surface area (Å²) in [5.41, 5.74) is 3.15. The van der Waals surface area contributed by atoms with E-state index in [1.165, 1.54) is 5.56 Å². The largest absolute Gasteiger partial charge is 0.478 e. The first-order chi connectivity index (χ1) is 13.6. The fourth-order valence-electron chi connectivity index (χ4n) is 4.05. The molecule has 1 aliphatic heterocycles. The quantitative estimate of drug-likeness (QED) is 0.708. The van der Waals surface area contributed by atoms with Crippen molar-refractivity contribution >= 4 is 5.97 Å². The van der Waals surface area contributed by atoms with Crippen LogP contribution >= 0.6 is 0 Å². The fraction of sp³-hybridized carbons (Fsp3) is 0.364. The first kappa shape index (κ1) is 18.3. The van der Waals surface area contributed by atoms with Crippen molar-refractivity contribution in [1.29, 1.82) is 0 Å². The summed E-state index contributed by atoms with van der Waals surface area (Å²) in [6.07, 6.45) is 5.58. The highest BCUT2D eigenvalue weighted by Crippen LogP contribution is 2.31. The molecule has 0 saturated carbocycles. The molecule has 1 atom stereocenters. The zero-order valence-corrected chi connectivity index (χ0v) is 16.0. The van der Waals surface area contributed by atoms with E-state index in [1.807, 2.05) is 13.0 Å². The van der Waals surface area contributed by atoms with Crippen LogP contribution in [0.15, 0.2) is 42.5 Å². The molecule has 6 heteroatoms. The van der Waals surface area contributed by atoms with E-state index >= 15 is 0 Å². The number of hydrogen-bond donors (Lipinski definition) is 1. The molecule has 3 aromatic rings. The van der Waals surface area contributed by atoms with Crippen molar-refractivity contribution in [2.24, 2.45) is 0 Å². The first-order valence-corrected chi connectivity index (χ1v) is 9.80. The zero-order valence-electron chi connectivity index (χ0n) is 16.0. The number of fused-ring (bicyclic) bond motifs is 1. The number of aromatic carboxylic acids is 1. The van der Waals surface area contributed by atoms with Gasteiger partial charge in [-0.3, -0.25) is 4.98 Å². The molecule has 3 heterocycles. The molecular formula is C22H24N4O2. The Morgan fingerprint density at radius 1 is 1.18 bits per heavy atom. The molecule has 0 saturated heterocycles.